The molecule has 0 saturated heterocycles. The zero-order valence-corrected chi connectivity index (χ0v) is 13.3. The lowest BCUT2D eigenvalue weighted by atomic mass is 10.1. The van der Waals surface area contributed by atoms with Gasteiger partial charge < -0.3 is 0 Å². The van der Waals surface area contributed by atoms with Crippen LogP contribution in [0.25, 0.3) is 0 Å². The van der Waals surface area contributed by atoms with Crippen LogP contribution in [-0.4, -0.2) is 30.8 Å². The molecule has 21 heavy (non-hydrogen) atoms. The minimum Gasteiger partial charge on any atom is -0.243 e. The molecule has 0 N–H and O–H groups in total. The number of nitrogens with zero attached hydrogens (tertiary/aromatic N) is 2. The maximum atomic E-state index is 12.5. The molecule has 1 aromatic carbocycles. The van der Waals surface area contributed by atoms with Crippen molar-refractivity contribution in [2.75, 3.05) is 13.1 Å². The van der Waals surface area contributed by atoms with Crippen LogP contribution in [-0.2, 0) is 16.4 Å². The van der Waals surface area contributed by atoms with Crippen LogP contribution >= 0.6 is 11.6 Å². The van der Waals surface area contributed by atoms with Gasteiger partial charge in [0.25, 0.3) is 0 Å². The molecule has 4 nitrogen and oxygen atoms in total. The van der Waals surface area contributed by atoms with Crippen molar-refractivity contribution in [2.45, 2.75) is 18.2 Å². The summed E-state index contributed by atoms with van der Waals surface area (Å²) in [6, 6.07) is 12.8. The lowest BCUT2D eigenvalue weighted by molar-refractivity contribution is 0.431. The Morgan fingerprint density at radius 3 is 2.43 bits per heavy atom. The third-order valence-electron chi connectivity index (χ3n) is 3.18. The number of pyridine rings is 1. The molecule has 0 fully saturated rings. The van der Waals surface area contributed by atoms with E-state index >= 15 is 0 Å². The molecule has 0 amide bonds. The van der Waals surface area contributed by atoms with E-state index in [9.17, 15) is 8.42 Å². The van der Waals surface area contributed by atoms with E-state index in [2.05, 4.69) is 4.98 Å². The van der Waals surface area contributed by atoms with Crippen LogP contribution in [0, 0.1) is 0 Å². The zero-order chi connectivity index (χ0) is 15.3. The largest absolute Gasteiger partial charge is 0.244 e. The average molecular weight is 325 g/mol. The van der Waals surface area contributed by atoms with Gasteiger partial charge in [-0.05, 0) is 24.1 Å². The molecule has 112 valence electrons. The lowest BCUT2D eigenvalue weighted by Gasteiger charge is -2.20. The maximum absolute atomic E-state index is 12.5. The van der Waals surface area contributed by atoms with Crippen LogP contribution in [0.5, 0.6) is 0 Å². The third kappa shape index (κ3) is 4.03. The van der Waals surface area contributed by atoms with Gasteiger partial charge in [-0.3, -0.25) is 0 Å². The molecule has 0 aliphatic carbocycles. The highest BCUT2D eigenvalue weighted by molar-refractivity contribution is 7.89. The second kappa shape index (κ2) is 7.02. The first-order chi connectivity index (χ1) is 10.0. The molecule has 2 aromatic rings. The van der Waals surface area contributed by atoms with Crippen LogP contribution in [0.15, 0.2) is 53.6 Å². The van der Waals surface area contributed by atoms with E-state index in [1.165, 1.54) is 22.6 Å². The summed E-state index contributed by atoms with van der Waals surface area (Å²) in [5.41, 5.74) is 1.11. The van der Waals surface area contributed by atoms with Crippen LogP contribution in [0.1, 0.15) is 12.5 Å². The first kappa shape index (κ1) is 15.9. The lowest BCUT2D eigenvalue weighted by Crippen LogP contribution is -2.32. The van der Waals surface area contributed by atoms with Crippen molar-refractivity contribution in [2.24, 2.45) is 0 Å². The van der Waals surface area contributed by atoms with E-state index in [1.54, 1.807) is 0 Å². The highest BCUT2D eigenvalue weighted by atomic mass is 35.5. The van der Waals surface area contributed by atoms with Gasteiger partial charge in [0.1, 0.15) is 10.0 Å². The van der Waals surface area contributed by atoms with Gasteiger partial charge in [0, 0.05) is 19.3 Å². The first-order valence-electron chi connectivity index (χ1n) is 6.69. The van der Waals surface area contributed by atoms with Gasteiger partial charge in [0.05, 0.1) is 0 Å². The summed E-state index contributed by atoms with van der Waals surface area (Å²) in [7, 11) is -3.53. The predicted octanol–water partition coefficient (Wildman–Crippen LogP) is 2.99. The van der Waals surface area contributed by atoms with Gasteiger partial charge in [-0.15, -0.1) is 0 Å². The molecule has 1 heterocycles. The predicted molar refractivity (Wildman–Crippen MR) is 83.8 cm³/mol. The summed E-state index contributed by atoms with van der Waals surface area (Å²) < 4.78 is 26.5. The van der Waals surface area contributed by atoms with E-state index in [0.717, 1.165) is 5.56 Å². The molecule has 0 spiro atoms. The molecular formula is C15H17ClN2O2S. The Labute approximate surface area is 130 Å². The third-order valence-corrected chi connectivity index (χ3v) is 5.36. The minimum atomic E-state index is -3.53. The molecule has 2 rings (SSSR count). The summed E-state index contributed by atoms with van der Waals surface area (Å²) in [5.74, 6) is 0. The topological polar surface area (TPSA) is 50.3 Å². The number of halogens is 1. The van der Waals surface area contributed by atoms with Crippen molar-refractivity contribution >= 4 is 21.6 Å². The number of benzene rings is 1. The molecule has 6 heteroatoms. The average Bonchev–Trinajstić information content (AvgIpc) is 2.49. The van der Waals surface area contributed by atoms with E-state index in [1.807, 2.05) is 37.3 Å². The van der Waals surface area contributed by atoms with E-state index in [4.69, 9.17) is 11.6 Å². The Kier molecular flexibility index (Phi) is 5.33. The second-order valence-electron chi connectivity index (χ2n) is 4.55. The zero-order valence-electron chi connectivity index (χ0n) is 11.7. The summed E-state index contributed by atoms with van der Waals surface area (Å²) in [6.07, 6.45) is 1.97. The van der Waals surface area contributed by atoms with Crippen LogP contribution in [0.3, 0.4) is 0 Å². The molecule has 0 radical (unpaired) electrons. The standard InChI is InChI=1S/C15H17ClN2O2S/c1-2-18(11-10-13-6-4-3-5-7-13)21(19,20)14-8-9-15(16)17-12-14/h3-9,12H,2,10-11H2,1H3. The molecular weight excluding hydrogens is 308 g/mol. The molecule has 0 atom stereocenters. The van der Waals surface area contributed by atoms with Crippen molar-refractivity contribution in [1.82, 2.24) is 9.29 Å². The number of aromatic nitrogens is 1. The molecule has 1 aromatic heterocycles. The van der Waals surface area contributed by atoms with Crippen molar-refractivity contribution in [3.63, 3.8) is 0 Å². The van der Waals surface area contributed by atoms with Gasteiger partial charge >= 0.3 is 0 Å². The highest BCUT2D eigenvalue weighted by Crippen LogP contribution is 2.17. The van der Waals surface area contributed by atoms with Gasteiger partial charge in [-0.1, -0.05) is 48.9 Å². The van der Waals surface area contributed by atoms with E-state index in [0.29, 0.717) is 19.5 Å². The fourth-order valence-electron chi connectivity index (χ4n) is 2.01. The Balaban J connectivity index is 2.14. The van der Waals surface area contributed by atoms with Crippen LogP contribution < -0.4 is 0 Å². The molecule has 0 saturated carbocycles. The summed E-state index contributed by atoms with van der Waals surface area (Å²) in [4.78, 5) is 4.01. The first-order valence-corrected chi connectivity index (χ1v) is 8.51. The van der Waals surface area contributed by atoms with Gasteiger partial charge in [-0.25, -0.2) is 13.4 Å². The normalized spacial score (nSPS) is 11.8. The van der Waals surface area contributed by atoms with E-state index in [-0.39, 0.29) is 10.0 Å². The number of sulfonamides is 1. The van der Waals surface area contributed by atoms with Crippen molar-refractivity contribution in [1.29, 1.82) is 0 Å². The second-order valence-corrected chi connectivity index (χ2v) is 6.87. The summed E-state index contributed by atoms with van der Waals surface area (Å²) >= 11 is 5.70. The van der Waals surface area contributed by atoms with Crippen molar-refractivity contribution < 1.29 is 8.42 Å². The Morgan fingerprint density at radius 1 is 1.14 bits per heavy atom. The van der Waals surface area contributed by atoms with Crippen molar-refractivity contribution in [3.8, 4) is 0 Å². The highest BCUT2D eigenvalue weighted by Gasteiger charge is 2.23. The fourth-order valence-corrected chi connectivity index (χ4v) is 3.52. The van der Waals surface area contributed by atoms with Crippen molar-refractivity contribution in [3.05, 3.63) is 59.4 Å². The molecule has 0 aliphatic rings. The Morgan fingerprint density at radius 2 is 1.86 bits per heavy atom. The number of rotatable bonds is 6. The van der Waals surface area contributed by atoms with Gasteiger partial charge in [0.15, 0.2) is 0 Å². The number of hydrogen-bond donors (Lipinski definition) is 0. The monoisotopic (exact) mass is 324 g/mol. The Bertz CT molecular complexity index is 673. The molecule has 0 bridgehead atoms. The number of likely N-dealkylation sites (N-methyl/N-ethyl adjacent to an activating group) is 1. The molecule has 0 aliphatic heterocycles. The van der Waals surface area contributed by atoms with E-state index < -0.39 is 10.0 Å². The fraction of sp³-hybridized carbons (Fsp3) is 0.267. The van der Waals surface area contributed by atoms with Crippen LogP contribution in [0.2, 0.25) is 5.15 Å². The maximum Gasteiger partial charge on any atom is 0.244 e. The summed E-state index contributed by atoms with van der Waals surface area (Å²) in [6.45, 7) is 2.68. The number of hydrogen-bond acceptors (Lipinski definition) is 3. The van der Waals surface area contributed by atoms with Crippen LogP contribution in [0.4, 0.5) is 0 Å². The van der Waals surface area contributed by atoms with Gasteiger partial charge in [-0.2, -0.15) is 4.31 Å². The molecule has 0 unspecified atom stereocenters. The quantitative estimate of drug-likeness (QED) is 0.767. The smallest absolute Gasteiger partial charge is 0.243 e. The summed E-state index contributed by atoms with van der Waals surface area (Å²) in [5, 5.41) is 0.279. The SMILES string of the molecule is CCN(CCc1ccccc1)S(=O)(=O)c1ccc(Cl)nc1. The Hall–Kier alpha value is -1.43. The van der Waals surface area contributed by atoms with Gasteiger partial charge in [0.2, 0.25) is 10.0 Å². The minimum absolute atomic E-state index is 0.168.